The normalized spacial score (nSPS) is 12.0. The van der Waals surface area contributed by atoms with Crippen LogP contribution in [-0.2, 0) is 11.2 Å². The highest BCUT2D eigenvalue weighted by Crippen LogP contribution is 2.21. The Balaban J connectivity index is 2.15. The first-order valence-electron chi connectivity index (χ1n) is 4.89. The number of rotatable bonds is 4. The lowest BCUT2D eigenvalue weighted by Gasteiger charge is -2.01. The summed E-state index contributed by atoms with van der Waals surface area (Å²) in [6, 6.07) is 0.861. The standard InChI is InChI=1S/C10H8N4O3S/c11-2-5-3-17-9(13-5)7-4-18-8(14-7)1-6(12)10(15)16/h3-4,6H,1,12H2,(H,15,16). The molecule has 0 aliphatic heterocycles. The number of thiazole rings is 1. The molecule has 0 aliphatic carbocycles. The average molecular weight is 264 g/mol. The molecular formula is C10H8N4O3S. The van der Waals surface area contributed by atoms with Crippen LogP contribution in [-0.4, -0.2) is 27.1 Å². The number of carbonyl (C=O) groups is 1. The first kappa shape index (κ1) is 12.2. The fraction of sp³-hybridized carbons (Fsp3) is 0.200. The summed E-state index contributed by atoms with van der Waals surface area (Å²) < 4.78 is 5.07. The summed E-state index contributed by atoms with van der Waals surface area (Å²) in [5.74, 6) is -0.840. The molecule has 0 aromatic carbocycles. The van der Waals surface area contributed by atoms with Crippen molar-refractivity contribution < 1.29 is 14.3 Å². The van der Waals surface area contributed by atoms with Crippen LogP contribution in [0, 0.1) is 11.3 Å². The van der Waals surface area contributed by atoms with E-state index in [1.165, 1.54) is 17.6 Å². The van der Waals surface area contributed by atoms with Crippen molar-refractivity contribution in [2.24, 2.45) is 5.73 Å². The summed E-state index contributed by atoms with van der Waals surface area (Å²) in [5, 5.41) is 19.6. The van der Waals surface area contributed by atoms with E-state index in [4.69, 9.17) is 20.5 Å². The van der Waals surface area contributed by atoms with Crippen molar-refractivity contribution in [1.29, 1.82) is 5.26 Å². The van der Waals surface area contributed by atoms with Crippen molar-refractivity contribution in [2.75, 3.05) is 0 Å². The molecule has 7 nitrogen and oxygen atoms in total. The van der Waals surface area contributed by atoms with Crippen molar-refractivity contribution in [1.82, 2.24) is 9.97 Å². The lowest BCUT2D eigenvalue weighted by Crippen LogP contribution is -2.32. The van der Waals surface area contributed by atoms with Gasteiger partial charge in [0.15, 0.2) is 5.69 Å². The molecule has 0 saturated heterocycles. The molecule has 2 aromatic heterocycles. The van der Waals surface area contributed by atoms with E-state index >= 15 is 0 Å². The number of carboxylic acid groups (broad SMARTS) is 1. The highest BCUT2D eigenvalue weighted by atomic mass is 32.1. The van der Waals surface area contributed by atoms with E-state index in [1.807, 2.05) is 6.07 Å². The molecule has 1 unspecified atom stereocenters. The van der Waals surface area contributed by atoms with Crippen molar-refractivity contribution >= 4 is 17.3 Å². The van der Waals surface area contributed by atoms with Gasteiger partial charge in [0.25, 0.3) is 0 Å². The second-order valence-electron chi connectivity index (χ2n) is 3.43. The number of nitriles is 1. The summed E-state index contributed by atoms with van der Waals surface area (Å²) in [5.41, 5.74) is 6.04. The Morgan fingerprint density at radius 1 is 1.67 bits per heavy atom. The molecular weight excluding hydrogens is 256 g/mol. The van der Waals surface area contributed by atoms with E-state index in [1.54, 1.807) is 5.38 Å². The van der Waals surface area contributed by atoms with Gasteiger partial charge in [-0.25, -0.2) is 4.98 Å². The predicted molar refractivity (Wildman–Crippen MR) is 61.6 cm³/mol. The van der Waals surface area contributed by atoms with E-state index < -0.39 is 12.0 Å². The molecule has 2 aromatic rings. The van der Waals surface area contributed by atoms with E-state index in [0.717, 1.165) is 0 Å². The number of aliphatic carboxylic acids is 1. The van der Waals surface area contributed by atoms with Crippen molar-refractivity contribution in [3.05, 3.63) is 22.3 Å². The molecule has 0 radical (unpaired) electrons. The Labute approximate surface area is 106 Å². The highest BCUT2D eigenvalue weighted by molar-refractivity contribution is 7.09. The van der Waals surface area contributed by atoms with Crippen LogP contribution >= 0.6 is 11.3 Å². The molecule has 3 N–H and O–H groups in total. The lowest BCUT2D eigenvalue weighted by atomic mass is 10.2. The Kier molecular flexibility index (Phi) is 3.36. The molecule has 0 amide bonds. The summed E-state index contributed by atoms with van der Waals surface area (Å²) in [6.07, 6.45) is 1.38. The minimum atomic E-state index is -1.07. The first-order chi connectivity index (χ1) is 8.60. The fourth-order valence-corrected chi connectivity index (χ4v) is 2.05. The number of nitrogens with two attached hydrogens (primary N) is 1. The number of hydrogen-bond donors (Lipinski definition) is 2. The number of oxazole rings is 1. The SMILES string of the molecule is N#Cc1coc(-c2csc(CC(N)C(=O)O)n2)n1. The number of hydrogen-bond acceptors (Lipinski definition) is 7. The van der Waals surface area contributed by atoms with Gasteiger partial charge in [-0.2, -0.15) is 10.2 Å². The number of nitrogens with zero attached hydrogens (tertiary/aromatic N) is 3. The van der Waals surface area contributed by atoms with Crippen LogP contribution in [0.4, 0.5) is 0 Å². The van der Waals surface area contributed by atoms with Crippen molar-refractivity contribution in [3.63, 3.8) is 0 Å². The first-order valence-corrected chi connectivity index (χ1v) is 5.77. The van der Waals surface area contributed by atoms with Crippen LogP contribution in [0.2, 0.25) is 0 Å². The molecule has 18 heavy (non-hydrogen) atoms. The minimum absolute atomic E-state index is 0.145. The molecule has 0 spiro atoms. The van der Waals surface area contributed by atoms with Gasteiger partial charge in [-0.05, 0) is 0 Å². The van der Waals surface area contributed by atoms with Gasteiger partial charge in [-0.15, -0.1) is 11.3 Å². The zero-order valence-electron chi connectivity index (χ0n) is 9.03. The van der Waals surface area contributed by atoms with Gasteiger partial charge < -0.3 is 15.3 Å². The Bertz CT molecular complexity index is 613. The number of carboxylic acids is 1. The van der Waals surface area contributed by atoms with E-state index in [-0.39, 0.29) is 18.0 Å². The molecule has 8 heteroatoms. The van der Waals surface area contributed by atoms with E-state index in [2.05, 4.69) is 9.97 Å². The summed E-state index contributed by atoms with van der Waals surface area (Å²) >= 11 is 1.27. The monoisotopic (exact) mass is 264 g/mol. The summed E-state index contributed by atoms with van der Waals surface area (Å²) in [7, 11) is 0. The Morgan fingerprint density at radius 3 is 3.06 bits per heavy atom. The number of aromatic nitrogens is 2. The van der Waals surface area contributed by atoms with Crippen LogP contribution in [0.25, 0.3) is 11.6 Å². The third-order valence-corrected chi connectivity index (χ3v) is 2.97. The third-order valence-electron chi connectivity index (χ3n) is 2.10. The summed E-state index contributed by atoms with van der Waals surface area (Å²) in [6.45, 7) is 0. The molecule has 2 rings (SSSR count). The maximum Gasteiger partial charge on any atom is 0.320 e. The van der Waals surface area contributed by atoms with Crippen molar-refractivity contribution in [3.8, 4) is 17.7 Å². The van der Waals surface area contributed by atoms with Crippen molar-refractivity contribution in [2.45, 2.75) is 12.5 Å². The molecule has 2 heterocycles. The van der Waals surface area contributed by atoms with Gasteiger partial charge in [0, 0.05) is 11.8 Å². The predicted octanol–water partition coefficient (Wildman–Crippen LogP) is 0.624. The fourth-order valence-electron chi connectivity index (χ4n) is 1.22. The zero-order chi connectivity index (χ0) is 13.1. The van der Waals surface area contributed by atoms with E-state index in [9.17, 15) is 4.79 Å². The quantitative estimate of drug-likeness (QED) is 0.828. The Morgan fingerprint density at radius 2 is 2.44 bits per heavy atom. The lowest BCUT2D eigenvalue weighted by molar-refractivity contribution is -0.138. The average Bonchev–Trinajstić information content (AvgIpc) is 2.96. The van der Waals surface area contributed by atoms with Gasteiger partial charge in [0.1, 0.15) is 24.1 Å². The largest absolute Gasteiger partial charge is 0.480 e. The molecule has 0 aliphatic rings. The highest BCUT2D eigenvalue weighted by Gasteiger charge is 2.16. The summed E-state index contributed by atoms with van der Waals surface area (Å²) in [4.78, 5) is 18.7. The van der Waals surface area contributed by atoms with Crippen LogP contribution in [0.3, 0.4) is 0 Å². The maximum absolute atomic E-state index is 10.6. The maximum atomic E-state index is 10.6. The second kappa shape index (κ2) is 4.95. The molecule has 0 bridgehead atoms. The molecule has 0 fully saturated rings. The van der Waals surface area contributed by atoms with Gasteiger partial charge in [0.05, 0.1) is 5.01 Å². The van der Waals surface area contributed by atoms with Crippen LogP contribution in [0.15, 0.2) is 16.1 Å². The smallest absolute Gasteiger partial charge is 0.320 e. The zero-order valence-corrected chi connectivity index (χ0v) is 9.85. The Hall–Kier alpha value is -2.24. The van der Waals surface area contributed by atoms with Gasteiger partial charge in [-0.1, -0.05) is 0 Å². The van der Waals surface area contributed by atoms with E-state index in [0.29, 0.717) is 10.7 Å². The molecule has 1 atom stereocenters. The van der Waals surface area contributed by atoms with Gasteiger partial charge >= 0.3 is 5.97 Å². The topological polar surface area (TPSA) is 126 Å². The molecule has 92 valence electrons. The van der Waals surface area contributed by atoms with Crippen LogP contribution < -0.4 is 5.73 Å². The van der Waals surface area contributed by atoms with Gasteiger partial charge in [-0.3, -0.25) is 4.79 Å². The van der Waals surface area contributed by atoms with Crippen LogP contribution in [0.5, 0.6) is 0 Å². The second-order valence-corrected chi connectivity index (χ2v) is 4.37. The van der Waals surface area contributed by atoms with Gasteiger partial charge in [0.2, 0.25) is 5.89 Å². The van der Waals surface area contributed by atoms with Crippen LogP contribution in [0.1, 0.15) is 10.7 Å². The minimum Gasteiger partial charge on any atom is -0.480 e. The molecule has 0 saturated carbocycles. The third kappa shape index (κ3) is 2.53.